The van der Waals surface area contributed by atoms with E-state index in [0.717, 1.165) is 21.5 Å². The quantitative estimate of drug-likeness (QED) is 0.565. The third-order valence-electron chi connectivity index (χ3n) is 2.91. The van der Waals surface area contributed by atoms with E-state index in [9.17, 15) is 4.21 Å². The Morgan fingerprint density at radius 3 is 2.44 bits per heavy atom. The Bertz CT molecular complexity index is 752. The average Bonchev–Trinajstić information content (AvgIpc) is 2.38. The molecule has 3 rings (SSSR count). The van der Waals surface area contributed by atoms with Crippen molar-refractivity contribution in [1.82, 2.24) is 0 Å². The van der Waals surface area contributed by atoms with Gasteiger partial charge in [0.2, 0.25) is 0 Å². The van der Waals surface area contributed by atoms with Crippen molar-refractivity contribution in [2.75, 3.05) is 0 Å². The second kappa shape index (κ2) is 4.40. The van der Waals surface area contributed by atoms with Crippen molar-refractivity contribution in [3.63, 3.8) is 0 Å². The summed E-state index contributed by atoms with van der Waals surface area (Å²) in [6, 6.07) is 17.4. The zero-order valence-corrected chi connectivity index (χ0v) is 10.2. The minimum Gasteiger partial charge on any atom is -0.379 e. The summed E-state index contributed by atoms with van der Waals surface area (Å²) in [5.74, 6) is 0.416. The number of rotatable bonds is 2. The van der Waals surface area contributed by atoms with Gasteiger partial charge in [-0.2, -0.15) is 4.21 Å². The number of fused-ring (bicyclic) bond motifs is 3. The highest BCUT2D eigenvalue weighted by molar-refractivity contribution is 7.74. The fraction of sp³-hybridized carbons (Fsp3) is 0. The zero-order chi connectivity index (χ0) is 12.5. The molecule has 0 saturated carbocycles. The number of hydrogen-bond donors (Lipinski definition) is 1. The molecule has 0 fully saturated rings. The van der Waals surface area contributed by atoms with Gasteiger partial charge in [0.15, 0.2) is 0 Å². The molecular weight excluding hydrogens is 248 g/mol. The standard InChI is InChI=1S/C14H10O3S/c15-18(16)17-14-7-3-6-12-11-5-2-1-4-10(11)8-9-13(12)14/h1-9H,(H,15,16). The van der Waals surface area contributed by atoms with E-state index in [0.29, 0.717) is 5.75 Å². The van der Waals surface area contributed by atoms with Gasteiger partial charge in [0.05, 0.1) is 0 Å². The van der Waals surface area contributed by atoms with E-state index in [1.54, 1.807) is 6.07 Å². The molecule has 1 atom stereocenters. The molecular formula is C14H10O3S. The molecule has 18 heavy (non-hydrogen) atoms. The van der Waals surface area contributed by atoms with Gasteiger partial charge >= 0.3 is 11.4 Å². The molecule has 3 nitrogen and oxygen atoms in total. The summed E-state index contributed by atoms with van der Waals surface area (Å²) in [6.07, 6.45) is 0. The maximum atomic E-state index is 10.8. The summed E-state index contributed by atoms with van der Waals surface area (Å²) in [6.45, 7) is 0. The fourth-order valence-corrected chi connectivity index (χ4v) is 2.46. The molecule has 0 heterocycles. The lowest BCUT2D eigenvalue weighted by atomic mass is 10.0. The van der Waals surface area contributed by atoms with Crippen molar-refractivity contribution in [2.45, 2.75) is 0 Å². The third kappa shape index (κ3) is 1.85. The molecule has 3 aromatic carbocycles. The molecule has 4 heteroatoms. The second-order valence-corrected chi connectivity index (χ2v) is 4.54. The molecule has 0 aliphatic heterocycles. The minimum absolute atomic E-state index is 0.416. The minimum atomic E-state index is -2.31. The highest BCUT2D eigenvalue weighted by Gasteiger charge is 2.07. The molecule has 90 valence electrons. The predicted molar refractivity (Wildman–Crippen MR) is 72.9 cm³/mol. The van der Waals surface area contributed by atoms with Crippen molar-refractivity contribution < 1.29 is 12.9 Å². The first-order valence-corrected chi connectivity index (χ1v) is 6.48. The van der Waals surface area contributed by atoms with Gasteiger partial charge in [-0.3, -0.25) is 4.55 Å². The van der Waals surface area contributed by atoms with E-state index < -0.39 is 11.4 Å². The van der Waals surface area contributed by atoms with E-state index >= 15 is 0 Å². The molecule has 0 radical (unpaired) electrons. The van der Waals surface area contributed by atoms with Gasteiger partial charge in [-0.05, 0) is 28.3 Å². The number of hydrogen-bond acceptors (Lipinski definition) is 2. The van der Waals surface area contributed by atoms with Gasteiger partial charge in [0, 0.05) is 5.39 Å². The molecule has 0 bridgehead atoms. The SMILES string of the molecule is O=S(O)Oc1cccc2c1ccc1ccccc12. The lowest BCUT2D eigenvalue weighted by Crippen LogP contribution is -1.97. The molecule has 0 spiro atoms. The van der Waals surface area contributed by atoms with Gasteiger partial charge in [-0.15, -0.1) is 0 Å². The van der Waals surface area contributed by atoms with Crippen molar-refractivity contribution in [1.29, 1.82) is 0 Å². The predicted octanol–water partition coefficient (Wildman–Crippen LogP) is 3.51. The molecule has 0 saturated heterocycles. The third-order valence-corrected chi connectivity index (χ3v) is 3.23. The van der Waals surface area contributed by atoms with Crippen LogP contribution in [0.4, 0.5) is 0 Å². The van der Waals surface area contributed by atoms with Crippen LogP contribution >= 0.6 is 0 Å². The summed E-state index contributed by atoms with van der Waals surface area (Å²) in [5.41, 5.74) is 0. The molecule has 1 N–H and O–H groups in total. The number of benzene rings is 3. The average molecular weight is 258 g/mol. The monoisotopic (exact) mass is 258 g/mol. The van der Waals surface area contributed by atoms with E-state index in [1.165, 1.54) is 0 Å². The van der Waals surface area contributed by atoms with E-state index in [4.69, 9.17) is 8.74 Å². The highest BCUT2D eigenvalue weighted by Crippen LogP contribution is 2.31. The smallest absolute Gasteiger partial charge is 0.357 e. The Kier molecular flexibility index (Phi) is 2.74. The molecule has 1 unspecified atom stereocenters. The molecule has 0 amide bonds. The van der Waals surface area contributed by atoms with Crippen LogP contribution in [0.25, 0.3) is 21.5 Å². The molecule has 0 aliphatic carbocycles. The first kappa shape index (κ1) is 11.2. The van der Waals surface area contributed by atoms with Crippen molar-refractivity contribution in [2.24, 2.45) is 0 Å². The van der Waals surface area contributed by atoms with Gasteiger partial charge in [0.25, 0.3) is 0 Å². The highest BCUT2D eigenvalue weighted by atomic mass is 32.2. The largest absolute Gasteiger partial charge is 0.379 e. The Morgan fingerprint density at radius 2 is 1.61 bits per heavy atom. The van der Waals surface area contributed by atoms with Crippen LogP contribution in [0.1, 0.15) is 0 Å². The summed E-state index contributed by atoms with van der Waals surface area (Å²) in [7, 11) is 0. The maximum absolute atomic E-state index is 10.8. The summed E-state index contributed by atoms with van der Waals surface area (Å²) in [5, 5.41) is 4.08. The van der Waals surface area contributed by atoms with Crippen LogP contribution in [0, 0.1) is 0 Å². The summed E-state index contributed by atoms with van der Waals surface area (Å²) < 4.78 is 24.5. The Hall–Kier alpha value is -1.91. The Labute approximate surface area is 106 Å². The van der Waals surface area contributed by atoms with Crippen LogP contribution < -0.4 is 4.18 Å². The van der Waals surface area contributed by atoms with Crippen molar-refractivity contribution in [3.8, 4) is 5.75 Å². The fourth-order valence-electron chi connectivity index (χ4n) is 2.16. The first-order valence-electron chi connectivity index (χ1n) is 5.45. The van der Waals surface area contributed by atoms with Gasteiger partial charge in [-0.25, -0.2) is 0 Å². The Morgan fingerprint density at radius 1 is 0.833 bits per heavy atom. The van der Waals surface area contributed by atoms with Crippen LogP contribution in [0.15, 0.2) is 54.6 Å². The summed E-state index contributed by atoms with van der Waals surface area (Å²) >= 11 is -2.31. The van der Waals surface area contributed by atoms with Crippen molar-refractivity contribution in [3.05, 3.63) is 54.6 Å². The van der Waals surface area contributed by atoms with E-state index in [1.807, 2.05) is 48.5 Å². The van der Waals surface area contributed by atoms with Gasteiger partial charge in [-0.1, -0.05) is 42.5 Å². The normalized spacial score (nSPS) is 12.7. The lowest BCUT2D eigenvalue weighted by molar-refractivity contribution is 0.460. The van der Waals surface area contributed by atoms with E-state index in [2.05, 4.69) is 0 Å². The molecule has 0 aliphatic rings. The molecule has 0 aromatic heterocycles. The van der Waals surface area contributed by atoms with Crippen LogP contribution in [0.2, 0.25) is 0 Å². The topological polar surface area (TPSA) is 46.5 Å². The maximum Gasteiger partial charge on any atom is 0.357 e. The Balaban J connectivity index is 2.36. The van der Waals surface area contributed by atoms with E-state index in [-0.39, 0.29) is 0 Å². The van der Waals surface area contributed by atoms with Crippen LogP contribution in [-0.4, -0.2) is 8.76 Å². The molecule has 3 aromatic rings. The summed E-state index contributed by atoms with van der Waals surface area (Å²) in [4.78, 5) is 0. The first-order chi connectivity index (χ1) is 8.75. The van der Waals surface area contributed by atoms with Crippen molar-refractivity contribution >= 4 is 32.9 Å². The lowest BCUT2D eigenvalue weighted by Gasteiger charge is -2.07. The van der Waals surface area contributed by atoms with Crippen LogP contribution in [0.3, 0.4) is 0 Å². The van der Waals surface area contributed by atoms with Gasteiger partial charge < -0.3 is 4.18 Å². The zero-order valence-electron chi connectivity index (χ0n) is 9.37. The van der Waals surface area contributed by atoms with Gasteiger partial charge in [0.1, 0.15) is 5.75 Å². The van der Waals surface area contributed by atoms with Crippen LogP contribution in [-0.2, 0) is 11.4 Å². The second-order valence-electron chi connectivity index (χ2n) is 3.94. The van der Waals surface area contributed by atoms with Crippen LogP contribution in [0.5, 0.6) is 5.75 Å².